The van der Waals surface area contributed by atoms with Gasteiger partial charge in [0.15, 0.2) is 5.78 Å². The van der Waals surface area contributed by atoms with Crippen LogP contribution in [-0.2, 0) is 0 Å². The molecule has 1 N–H and O–H groups in total. The molecule has 0 aliphatic rings. The molecule has 130 valence electrons. The SMILES string of the molecule is Cc1ccc(-n2c(C)cc(C(=O)CNc3cccc(C#N)c3)c2C)cc1. The summed E-state index contributed by atoms with van der Waals surface area (Å²) in [5.74, 6) is 0.0267. The first-order valence-electron chi connectivity index (χ1n) is 8.53. The molecule has 3 rings (SSSR count). The van der Waals surface area contributed by atoms with Gasteiger partial charge in [-0.2, -0.15) is 5.26 Å². The molecule has 0 saturated carbocycles. The van der Waals surface area contributed by atoms with Crippen molar-refractivity contribution >= 4 is 11.5 Å². The number of aromatic nitrogens is 1. The number of benzene rings is 2. The highest BCUT2D eigenvalue weighted by atomic mass is 16.1. The minimum absolute atomic E-state index is 0.0267. The maximum Gasteiger partial charge on any atom is 0.183 e. The van der Waals surface area contributed by atoms with Gasteiger partial charge >= 0.3 is 0 Å². The monoisotopic (exact) mass is 343 g/mol. The lowest BCUT2D eigenvalue weighted by atomic mass is 10.1. The van der Waals surface area contributed by atoms with Gasteiger partial charge in [-0.05, 0) is 57.2 Å². The molecule has 0 atom stereocenters. The molecule has 0 bridgehead atoms. The quantitative estimate of drug-likeness (QED) is 0.690. The summed E-state index contributed by atoms with van der Waals surface area (Å²) in [6.45, 7) is 6.22. The van der Waals surface area contributed by atoms with Crippen LogP contribution in [0.3, 0.4) is 0 Å². The molecule has 0 amide bonds. The van der Waals surface area contributed by atoms with E-state index in [1.54, 1.807) is 18.2 Å². The highest BCUT2D eigenvalue weighted by molar-refractivity contribution is 6.00. The maximum atomic E-state index is 12.7. The van der Waals surface area contributed by atoms with Gasteiger partial charge in [0.25, 0.3) is 0 Å². The van der Waals surface area contributed by atoms with E-state index in [0.29, 0.717) is 11.1 Å². The van der Waals surface area contributed by atoms with Gasteiger partial charge in [-0.15, -0.1) is 0 Å². The fraction of sp³-hybridized carbons (Fsp3) is 0.182. The topological polar surface area (TPSA) is 57.8 Å². The maximum absolute atomic E-state index is 12.7. The lowest BCUT2D eigenvalue weighted by molar-refractivity contribution is 0.101. The Morgan fingerprint density at radius 3 is 2.50 bits per heavy atom. The number of Topliss-reactive ketones (excluding diaryl/α,β-unsaturated/α-hetero) is 1. The Labute approximate surface area is 153 Å². The third-order valence-corrected chi connectivity index (χ3v) is 4.47. The van der Waals surface area contributed by atoms with Crippen LogP contribution in [0.5, 0.6) is 0 Å². The molecule has 0 saturated heterocycles. The molecule has 0 unspecified atom stereocenters. The summed E-state index contributed by atoms with van der Waals surface area (Å²) < 4.78 is 2.10. The van der Waals surface area contributed by atoms with Gasteiger partial charge < -0.3 is 9.88 Å². The van der Waals surface area contributed by atoms with Crippen LogP contribution in [0.1, 0.15) is 32.9 Å². The van der Waals surface area contributed by atoms with Gasteiger partial charge in [-0.1, -0.05) is 23.8 Å². The highest BCUT2D eigenvalue weighted by Gasteiger charge is 2.16. The number of nitrogens with zero attached hydrogens (tertiary/aromatic N) is 2. The summed E-state index contributed by atoms with van der Waals surface area (Å²) in [7, 11) is 0. The zero-order chi connectivity index (χ0) is 18.7. The molecule has 0 aliphatic carbocycles. The molecule has 4 nitrogen and oxygen atoms in total. The lowest BCUT2D eigenvalue weighted by Gasteiger charge is -2.10. The molecule has 26 heavy (non-hydrogen) atoms. The van der Waals surface area contributed by atoms with E-state index in [1.165, 1.54) is 5.56 Å². The van der Waals surface area contributed by atoms with E-state index >= 15 is 0 Å². The average Bonchev–Trinajstić information content (AvgIpc) is 2.95. The molecule has 0 radical (unpaired) electrons. The molecule has 0 spiro atoms. The lowest BCUT2D eigenvalue weighted by Crippen LogP contribution is -2.15. The van der Waals surface area contributed by atoms with Gasteiger partial charge in [-0.3, -0.25) is 4.79 Å². The molecule has 1 aromatic heterocycles. The van der Waals surface area contributed by atoms with Gasteiger partial charge in [0.2, 0.25) is 0 Å². The largest absolute Gasteiger partial charge is 0.378 e. The minimum Gasteiger partial charge on any atom is -0.378 e. The normalized spacial score (nSPS) is 10.4. The van der Waals surface area contributed by atoms with E-state index in [1.807, 2.05) is 26.0 Å². The van der Waals surface area contributed by atoms with Crippen molar-refractivity contribution in [3.05, 3.63) is 82.7 Å². The van der Waals surface area contributed by atoms with Crippen molar-refractivity contribution in [3.63, 3.8) is 0 Å². The number of rotatable bonds is 5. The van der Waals surface area contributed by atoms with Crippen LogP contribution in [0.15, 0.2) is 54.6 Å². The van der Waals surface area contributed by atoms with Crippen molar-refractivity contribution in [2.24, 2.45) is 0 Å². The van der Waals surface area contributed by atoms with Crippen molar-refractivity contribution in [3.8, 4) is 11.8 Å². The van der Waals surface area contributed by atoms with Crippen molar-refractivity contribution in [1.29, 1.82) is 5.26 Å². The Hall–Kier alpha value is -3.32. The van der Waals surface area contributed by atoms with E-state index in [0.717, 1.165) is 22.8 Å². The fourth-order valence-electron chi connectivity index (χ4n) is 3.11. The first kappa shape index (κ1) is 17.5. The minimum atomic E-state index is 0.0267. The third-order valence-electron chi connectivity index (χ3n) is 4.47. The number of nitrogens with one attached hydrogen (secondary N) is 1. The Bertz CT molecular complexity index is 991. The van der Waals surface area contributed by atoms with E-state index in [-0.39, 0.29) is 12.3 Å². The predicted octanol–water partition coefficient (Wildman–Crippen LogP) is 4.57. The van der Waals surface area contributed by atoms with Crippen molar-refractivity contribution < 1.29 is 4.79 Å². The Balaban J connectivity index is 1.81. The highest BCUT2D eigenvalue weighted by Crippen LogP contribution is 2.22. The van der Waals surface area contributed by atoms with Crippen molar-refractivity contribution in [2.75, 3.05) is 11.9 Å². The Morgan fingerprint density at radius 2 is 1.81 bits per heavy atom. The molecule has 2 aromatic carbocycles. The number of nitriles is 1. The first-order valence-corrected chi connectivity index (χ1v) is 8.53. The average molecular weight is 343 g/mol. The number of aryl methyl sites for hydroxylation is 2. The van der Waals surface area contributed by atoms with Crippen LogP contribution in [0.25, 0.3) is 5.69 Å². The van der Waals surface area contributed by atoms with Gasteiger partial charge in [-0.25, -0.2) is 0 Å². The third kappa shape index (κ3) is 3.52. The molecule has 4 heteroatoms. The zero-order valence-electron chi connectivity index (χ0n) is 15.2. The standard InChI is InChI=1S/C22H21N3O/c1-15-7-9-20(10-8-15)25-16(2)11-21(17(25)3)22(26)14-24-19-6-4-5-18(12-19)13-23/h4-12,24H,14H2,1-3H3. The van der Waals surface area contributed by atoms with Gasteiger partial charge in [0, 0.05) is 28.3 Å². The second-order valence-corrected chi connectivity index (χ2v) is 6.43. The molecule has 0 fully saturated rings. The Kier molecular flexibility index (Phi) is 4.90. The predicted molar refractivity (Wildman–Crippen MR) is 104 cm³/mol. The smallest absolute Gasteiger partial charge is 0.183 e. The zero-order valence-corrected chi connectivity index (χ0v) is 15.2. The second-order valence-electron chi connectivity index (χ2n) is 6.43. The van der Waals surface area contributed by atoms with Gasteiger partial charge in [0.1, 0.15) is 0 Å². The van der Waals surface area contributed by atoms with Crippen LogP contribution in [-0.4, -0.2) is 16.9 Å². The molecular formula is C22H21N3O. The number of carbonyl (C=O) groups excluding carboxylic acids is 1. The number of carbonyl (C=O) groups is 1. The number of anilines is 1. The van der Waals surface area contributed by atoms with E-state index in [9.17, 15) is 4.79 Å². The van der Waals surface area contributed by atoms with Crippen LogP contribution in [0, 0.1) is 32.1 Å². The molecule has 3 aromatic rings. The number of ketones is 1. The van der Waals surface area contributed by atoms with E-state index in [4.69, 9.17) is 5.26 Å². The van der Waals surface area contributed by atoms with E-state index in [2.05, 4.69) is 47.1 Å². The van der Waals surface area contributed by atoms with Crippen LogP contribution in [0.2, 0.25) is 0 Å². The number of hydrogen-bond donors (Lipinski definition) is 1. The van der Waals surface area contributed by atoms with Crippen LogP contribution < -0.4 is 5.32 Å². The summed E-state index contributed by atoms with van der Waals surface area (Å²) >= 11 is 0. The van der Waals surface area contributed by atoms with Crippen LogP contribution >= 0.6 is 0 Å². The summed E-state index contributed by atoms with van der Waals surface area (Å²) in [5.41, 5.74) is 6.28. The van der Waals surface area contributed by atoms with Crippen LogP contribution in [0.4, 0.5) is 5.69 Å². The van der Waals surface area contributed by atoms with Crippen molar-refractivity contribution in [2.45, 2.75) is 20.8 Å². The summed E-state index contributed by atoms with van der Waals surface area (Å²) in [5, 5.41) is 12.1. The summed E-state index contributed by atoms with van der Waals surface area (Å²) in [6, 6.07) is 19.4. The summed E-state index contributed by atoms with van der Waals surface area (Å²) in [4.78, 5) is 12.7. The van der Waals surface area contributed by atoms with Crippen molar-refractivity contribution in [1.82, 2.24) is 4.57 Å². The second kappa shape index (κ2) is 7.28. The first-order chi connectivity index (χ1) is 12.5. The number of hydrogen-bond acceptors (Lipinski definition) is 3. The van der Waals surface area contributed by atoms with E-state index < -0.39 is 0 Å². The Morgan fingerprint density at radius 1 is 1.08 bits per heavy atom. The molecule has 1 heterocycles. The van der Waals surface area contributed by atoms with Gasteiger partial charge in [0.05, 0.1) is 18.2 Å². The molecule has 0 aliphatic heterocycles. The molecular weight excluding hydrogens is 322 g/mol. The fourth-order valence-corrected chi connectivity index (χ4v) is 3.11. The summed E-state index contributed by atoms with van der Waals surface area (Å²) in [6.07, 6.45) is 0.